The lowest BCUT2D eigenvalue weighted by atomic mass is 10.00. The predicted molar refractivity (Wildman–Crippen MR) is 78.1 cm³/mol. The van der Waals surface area contributed by atoms with E-state index < -0.39 is 0 Å². The highest BCUT2D eigenvalue weighted by atomic mass is 32.1. The van der Waals surface area contributed by atoms with Crippen LogP contribution >= 0.6 is 11.3 Å². The number of aromatic nitrogens is 2. The van der Waals surface area contributed by atoms with Gasteiger partial charge < -0.3 is 9.67 Å². The molecule has 102 valence electrons. The van der Waals surface area contributed by atoms with Gasteiger partial charge >= 0.3 is 0 Å². The lowest BCUT2D eigenvalue weighted by Crippen LogP contribution is -2.19. The summed E-state index contributed by atoms with van der Waals surface area (Å²) in [5, 5.41) is 12.3. The van der Waals surface area contributed by atoms with Crippen LogP contribution in [0, 0.1) is 5.92 Å². The summed E-state index contributed by atoms with van der Waals surface area (Å²) < 4.78 is 2.07. The van der Waals surface area contributed by atoms with Crippen LogP contribution < -0.4 is 0 Å². The van der Waals surface area contributed by atoms with Gasteiger partial charge in [0, 0.05) is 12.4 Å². The molecule has 1 aliphatic rings. The molecule has 0 radical (unpaired) electrons. The molecule has 1 unspecified atom stereocenters. The van der Waals surface area contributed by atoms with Crippen LogP contribution in [0.3, 0.4) is 0 Å². The lowest BCUT2D eigenvalue weighted by molar-refractivity contribution is 0.125. The monoisotopic (exact) mass is 276 g/mol. The normalized spacial score (nSPS) is 17.9. The minimum Gasteiger partial charge on any atom is -0.391 e. The highest BCUT2D eigenvalue weighted by Gasteiger charge is 2.19. The standard InChI is InChI=1S/C15H20N2OS/c18-13(10-12-4-1-2-5-12)11-17-8-7-16-15(17)14-6-3-9-19-14/h3,6-9,12-13,18H,1-2,4-5,10-11H2. The van der Waals surface area contributed by atoms with E-state index in [-0.39, 0.29) is 6.10 Å². The molecule has 2 aromatic heterocycles. The van der Waals surface area contributed by atoms with E-state index in [2.05, 4.69) is 21.0 Å². The van der Waals surface area contributed by atoms with Crippen molar-refractivity contribution in [3.05, 3.63) is 29.9 Å². The summed E-state index contributed by atoms with van der Waals surface area (Å²) in [6, 6.07) is 4.11. The molecule has 0 bridgehead atoms. The minimum absolute atomic E-state index is 0.254. The van der Waals surface area contributed by atoms with Gasteiger partial charge in [-0.25, -0.2) is 4.98 Å². The van der Waals surface area contributed by atoms with E-state index in [0.29, 0.717) is 6.54 Å². The van der Waals surface area contributed by atoms with Gasteiger partial charge in [-0.05, 0) is 23.8 Å². The predicted octanol–water partition coefficient (Wildman–Crippen LogP) is 3.55. The van der Waals surface area contributed by atoms with Crippen LogP contribution in [0.5, 0.6) is 0 Å². The Hall–Kier alpha value is -1.13. The fourth-order valence-corrected chi connectivity index (χ4v) is 3.76. The molecule has 2 aromatic rings. The van der Waals surface area contributed by atoms with Gasteiger partial charge in [0.1, 0.15) is 5.82 Å². The Morgan fingerprint density at radius 3 is 3.00 bits per heavy atom. The molecule has 0 amide bonds. The number of nitrogens with zero attached hydrogens (tertiary/aromatic N) is 2. The van der Waals surface area contributed by atoms with E-state index in [1.807, 2.05) is 18.5 Å². The van der Waals surface area contributed by atoms with E-state index >= 15 is 0 Å². The second-order valence-corrected chi connectivity index (χ2v) is 6.37. The van der Waals surface area contributed by atoms with Crippen LogP contribution in [0.4, 0.5) is 0 Å². The summed E-state index contributed by atoms with van der Waals surface area (Å²) >= 11 is 1.69. The maximum atomic E-state index is 10.3. The van der Waals surface area contributed by atoms with Gasteiger partial charge in [0.2, 0.25) is 0 Å². The van der Waals surface area contributed by atoms with Gasteiger partial charge in [0.25, 0.3) is 0 Å². The van der Waals surface area contributed by atoms with Crippen molar-refractivity contribution in [1.82, 2.24) is 9.55 Å². The summed E-state index contributed by atoms with van der Waals surface area (Å²) in [7, 11) is 0. The second-order valence-electron chi connectivity index (χ2n) is 5.42. The van der Waals surface area contributed by atoms with Gasteiger partial charge in [0.05, 0.1) is 17.5 Å². The number of aliphatic hydroxyl groups is 1. The van der Waals surface area contributed by atoms with Crippen LogP contribution in [0.2, 0.25) is 0 Å². The minimum atomic E-state index is -0.254. The summed E-state index contributed by atoms with van der Waals surface area (Å²) in [5.74, 6) is 1.70. The zero-order valence-electron chi connectivity index (χ0n) is 11.0. The van der Waals surface area contributed by atoms with Crippen molar-refractivity contribution >= 4 is 11.3 Å². The Kier molecular flexibility index (Phi) is 3.99. The quantitative estimate of drug-likeness (QED) is 0.907. The second kappa shape index (κ2) is 5.88. The fraction of sp³-hybridized carbons (Fsp3) is 0.533. The molecular weight excluding hydrogens is 256 g/mol. The lowest BCUT2D eigenvalue weighted by Gasteiger charge is -2.16. The van der Waals surface area contributed by atoms with Crippen molar-refractivity contribution < 1.29 is 5.11 Å². The number of imidazole rings is 1. The molecule has 3 rings (SSSR count). The van der Waals surface area contributed by atoms with Crippen LogP contribution in [0.1, 0.15) is 32.1 Å². The Balaban J connectivity index is 1.64. The van der Waals surface area contributed by atoms with Gasteiger partial charge in [0.15, 0.2) is 0 Å². The third kappa shape index (κ3) is 3.07. The Bertz CT molecular complexity index is 500. The highest BCUT2D eigenvalue weighted by Crippen LogP contribution is 2.29. The summed E-state index contributed by atoms with van der Waals surface area (Å²) in [6.07, 6.45) is 9.71. The van der Waals surface area contributed by atoms with Crippen LogP contribution in [-0.4, -0.2) is 20.8 Å². The van der Waals surface area contributed by atoms with Crippen molar-refractivity contribution in [3.8, 4) is 10.7 Å². The molecule has 0 aliphatic heterocycles. The average molecular weight is 276 g/mol. The first-order chi connectivity index (χ1) is 9.33. The van der Waals surface area contributed by atoms with E-state index in [0.717, 1.165) is 23.0 Å². The number of hydrogen-bond donors (Lipinski definition) is 1. The molecule has 19 heavy (non-hydrogen) atoms. The highest BCUT2D eigenvalue weighted by molar-refractivity contribution is 7.13. The van der Waals surface area contributed by atoms with Crippen molar-refractivity contribution in [2.75, 3.05) is 0 Å². The molecule has 0 saturated heterocycles. The average Bonchev–Trinajstić information content (AvgIpc) is 3.09. The van der Waals surface area contributed by atoms with Crippen molar-refractivity contribution in [3.63, 3.8) is 0 Å². The molecular formula is C15H20N2OS. The summed E-state index contributed by atoms with van der Waals surface area (Å²) in [4.78, 5) is 5.57. The van der Waals surface area contributed by atoms with Crippen LogP contribution in [0.25, 0.3) is 10.7 Å². The van der Waals surface area contributed by atoms with Gasteiger partial charge in [-0.15, -0.1) is 11.3 Å². The van der Waals surface area contributed by atoms with Gasteiger partial charge in [-0.1, -0.05) is 31.7 Å². The third-order valence-corrected chi connectivity index (χ3v) is 4.81. The first kappa shape index (κ1) is 12.9. The smallest absolute Gasteiger partial charge is 0.150 e. The van der Waals surface area contributed by atoms with E-state index in [1.54, 1.807) is 11.3 Å². The van der Waals surface area contributed by atoms with Crippen LogP contribution in [0.15, 0.2) is 29.9 Å². The molecule has 0 aromatic carbocycles. The maximum Gasteiger partial charge on any atom is 0.150 e. The van der Waals surface area contributed by atoms with E-state index in [1.165, 1.54) is 25.7 Å². The Morgan fingerprint density at radius 2 is 2.26 bits per heavy atom. The van der Waals surface area contributed by atoms with Crippen molar-refractivity contribution in [2.24, 2.45) is 5.92 Å². The Labute approximate surface area is 117 Å². The van der Waals surface area contributed by atoms with Gasteiger partial charge in [-0.2, -0.15) is 0 Å². The molecule has 4 heteroatoms. The zero-order chi connectivity index (χ0) is 13.1. The molecule has 1 saturated carbocycles. The summed E-state index contributed by atoms with van der Waals surface area (Å²) in [6.45, 7) is 0.656. The first-order valence-electron chi connectivity index (χ1n) is 7.06. The third-order valence-electron chi connectivity index (χ3n) is 3.94. The molecule has 1 N–H and O–H groups in total. The molecule has 1 aliphatic carbocycles. The number of thiophene rings is 1. The molecule has 1 atom stereocenters. The van der Waals surface area contributed by atoms with Gasteiger partial charge in [-0.3, -0.25) is 0 Å². The number of rotatable bonds is 5. The Morgan fingerprint density at radius 1 is 1.42 bits per heavy atom. The van der Waals surface area contributed by atoms with E-state index in [4.69, 9.17) is 0 Å². The largest absolute Gasteiger partial charge is 0.391 e. The fourth-order valence-electron chi connectivity index (χ4n) is 3.02. The number of hydrogen-bond acceptors (Lipinski definition) is 3. The molecule has 2 heterocycles. The maximum absolute atomic E-state index is 10.3. The zero-order valence-corrected chi connectivity index (χ0v) is 11.9. The van der Waals surface area contributed by atoms with Crippen molar-refractivity contribution in [2.45, 2.75) is 44.8 Å². The van der Waals surface area contributed by atoms with Crippen LogP contribution in [-0.2, 0) is 6.54 Å². The number of aliphatic hydroxyl groups excluding tert-OH is 1. The van der Waals surface area contributed by atoms with E-state index in [9.17, 15) is 5.11 Å². The molecule has 1 fully saturated rings. The first-order valence-corrected chi connectivity index (χ1v) is 7.94. The molecule has 0 spiro atoms. The molecule has 3 nitrogen and oxygen atoms in total. The summed E-state index contributed by atoms with van der Waals surface area (Å²) in [5.41, 5.74) is 0. The van der Waals surface area contributed by atoms with Crippen molar-refractivity contribution in [1.29, 1.82) is 0 Å². The SMILES string of the molecule is OC(CC1CCCC1)Cn1ccnc1-c1cccs1. The topological polar surface area (TPSA) is 38.0 Å².